The van der Waals surface area contributed by atoms with Crippen LogP contribution in [0, 0.1) is 6.92 Å². The lowest BCUT2D eigenvalue weighted by atomic mass is 10.2. The Morgan fingerprint density at radius 2 is 1.94 bits per heavy atom. The Hall–Kier alpha value is -2.95. The first-order chi connectivity index (χ1) is 16.1. The van der Waals surface area contributed by atoms with Crippen molar-refractivity contribution in [3.8, 4) is 10.6 Å². The van der Waals surface area contributed by atoms with Gasteiger partial charge in [0.05, 0.1) is 29.2 Å². The molecule has 2 aromatic heterocycles. The van der Waals surface area contributed by atoms with E-state index in [0.717, 1.165) is 40.8 Å². The maximum absolute atomic E-state index is 12.5. The molecule has 0 aliphatic carbocycles. The van der Waals surface area contributed by atoms with E-state index in [0.29, 0.717) is 18.4 Å². The zero-order valence-corrected chi connectivity index (χ0v) is 20.1. The van der Waals surface area contributed by atoms with Crippen molar-refractivity contribution in [2.75, 3.05) is 42.3 Å². The summed E-state index contributed by atoms with van der Waals surface area (Å²) in [5, 5.41) is 13.2. The first-order valence-corrected chi connectivity index (χ1v) is 12.5. The van der Waals surface area contributed by atoms with E-state index in [9.17, 15) is 4.79 Å². The van der Waals surface area contributed by atoms with Crippen LogP contribution in [0.25, 0.3) is 20.8 Å². The fourth-order valence-corrected chi connectivity index (χ4v) is 5.43. The van der Waals surface area contributed by atoms with Crippen molar-refractivity contribution in [3.63, 3.8) is 0 Å². The minimum Gasteiger partial charge on any atom is -0.378 e. The lowest BCUT2D eigenvalue weighted by Gasteiger charge is -2.27. The highest BCUT2D eigenvalue weighted by atomic mass is 32.2. The molecule has 1 aliphatic rings. The Morgan fingerprint density at radius 3 is 2.73 bits per heavy atom. The maximum atomic E-state index is 12.5. The number of nitrogens with zero attached hydrogens (tertiary/aromatic N) is 5. The quantitative estimate of drug-likeness (QED) is 0.418. The van der Waals surface area contributed by atoms with Gasteiger partial charge in [-0.3, -0.25) is 9.36 Å². The van der Waals surface area contributed by atoms with E-state index in [-0.39, 0.29) is 11.7 Å². The van der Waals surface area contributed by atoms with Gasteiger partial charge in [-0.1, -0.05) is 17.8 Å². The minimum absolute atomic E-state index is 0.0841. The van der Waals surface area contributed by atoms with Gasteiger partial charge in [-0.2, -0.15) is 0 Å². The van der Waals surface area contributed by atoms with E-state index >= 15 is 0 Å². The molecular formula is C23H24N6O2S2. The summed E-state index contributed by atoms with van der Waals surface area (Å²) in [6.45, 7) is 5.06. The number of hydrogen-bond acceptors (Lipinski definition) is 8. The first-order valence-electron chi connectivity index (χ1n) is 10.7. The Morgan fingerprint density at radius 1 is 1.15 bits per heavy atom. The number of fused-ring (bicyclic) bond motifs is 1. The third kappa shape index (κ3) is 4.87. The molecule has 1 saturated heterocycles. The predicted molar refractivity (Wildman–Crippen MR) is 133 cm³/mol. The molecule has 3 heterocycles. The smallest absolute Gasteiger partial charge is 0.234 e. The maximum Gasteiger partial charge on any atom is 0.234 e. The lowest BCUT2D eigenvalue weighted by molar-refractivity contribution is -0.113. The zero-order chi connectivity index (χ0) is 22.8. The number of carbonyl (C=O) groups is 1. The summed E-state index contributed by atoms with van der Waals surface area (Å²) in [5.74, 6) is 0.981. The van der Waals surface area contributed by atoms with Gasteiger partial charge in [0, 0.05) is 31.4 Å². The second-order valence-electron chi connectivity index (χ2n) is 7.85. The standard InChI is InChI=1S/C23H24N6O2S2/c1-15-3-8-18-19(13-15)33-21(25-18)16-4-6-17(7-5-16)24-20(30)14-32-23-27-26-22(28(23)2)29-9-11-31-12-10-29/h3-8,13H,9-12,14H2,1-2H3,(H,24,30). The van der Waals surface area contributed by atoms with E-state index in [1.165, 1.54) is 22.0 Å². The third-order valence-corrected chi connectivity index (χ3v) is 7.49. The van der Waals surface area contributed by atoms with Crippen molar-refractivity contribution >= 4 is 50.9 Å². The van der Waals surface area contributed by atoms with Crippen LogP contribution in [-0.4, -0.2) is 57.7 Å². The molecule has 5 rings (SSSR count). The van der Waals surface area contributed by atoms with Crippen molar-refractivity contribution < 1.29 is 9.53 Å². The molecule has 0 spiro atoms. The van der Waals surface area contributed by atoms with E-state index in [1.807, 2.05) is 35.9 Å². The number of anilines is 2. The van der Waals surface area contributed by atoms with Crippen LogP contribution < -0.4 is 10.2 Å². The van der Waals surface area contributed by atoms with Crippen LogP contribution in [0.4, 0.5) is 11.6 Å². The average molecular weight is 481 g/mol. The Balaban J connectivity index is 1.18. The molecule has 0 radical (unpaired) electrons. The summed E-state index contributed by atoms with van der Waals surface area (Å²) in [7, 11) is 1.92. The number of amides is 1. The number of carbonyl (C=O) groups excluding carboxylic acids is 1. The van der Waals surface area contributed by atoms with Gasteiger partial charge in [0.25, 0.3) is 0 Å². The third-order valence-electron chi connectivity index (χ3n) is 5.40. The normalized spacial score (nSPS) is 14.1. The summed E-state index contributed by atoms with van der Waals surface area (Å²) in [4.78, 5) is 19.4. The van der Waals surface area contributed by atoms with Crippen LogP contribution in [0.1, 0.15) is 5.56 Å². The molecule has 0 bridgehead atoms. The van der Waals surface area contributed by atoms with Crippen LogP contribution >= 0.6 is 23.1 Å². The molecule has 4 aromatic rings. The molecule has 1 N–H and O–H groups in total. The largest absolute Gasteiger partial charge is 0.378 e. The van der Waals surface area contributed by atoms with Gasteiger partial charge in [-0.25, -0.2) is 4.98 Å². The number of thioether (sulfide) groups is 1. The zero-order valence-electron chi connectivity index (χ0n) is 18.4. The van der Waals surface area contributed by atoms with E-state index in [2.05, 4.69) is 45.5 Å². The van der Waals surface area contributed by atoms with Gasteiger partial charge in [0.15, 0.2) is 5.16 Å². The molecule has 0 atom stereocenters. The number of nitrogens with one attached hydrogen (secondary N) is 1. The highest BCUT2D eigenvalue weighted by molar-refractivity contribution is 7.99. The molecule has 10 heteroatoms. The van der Waals surface area contributed by atoms with Crippen LogP contribution in [0.3, 0.4) is 0 Å². The summed E-state index contributed by atoms with van der Waals surface area (Å²) in [6.07, 6.45) is 0. The molecular weight excluding hydrogens is 456 g/mol. The Bertz CT molecular complexity index is 1280. The predicted octanol–water partition coefficient (Wildman–Crippen LogP) is 3.97. The number of ether oxygens (including phenoxy) is 1. The molecule has 1 fully saturated rings. The van der Waals surface area contributed by atoms with Crippen LogP contribution in [0.2, 0.25) is 0 Å². The monoisotopic (exact) mass is 480 g/mol. The van der Waals surface area contributed by atoms with Crippen LogP contribution in [0.15, 0.2) is 47.6 Å². The second kappa shape index (κ2) is 9.50. The molecule has 1 aliphatic heterocycles. The highest BCUT2D eigenvalue weighted by Crippen LogP contribution is 2.31. The number of hydrogen-bond donors (Lipinski definition) is 1. The first kappa shape index (κ1) is 21.9. The number of benzene rings is 2. The molecule has 33 heavy (non-hydrogen) atoms. The number of rotatable bonds is 6. The minimum atomic E-state index is -0.0841. The van der Waals surface area contributed by atoms with E-state index in [1.54, 1.807) is 11.3 Å². The molecule has 8 nitrogen and oxygen atoms in total. The fourth-order valence-electron chi connectivity index (χ4n) is 3.65. The van der Waals surface area contributed by atoms with Crippen molar-refractivity contribution in [3.05, 3.63) is 48.0 Å². The van der Waals surface area contributed by atoms with Crippen molar-refractivity contribution in [1.82, 2.24) is 19.7 Å². The van der Waals surface area contributed by atoms with Gasteiger partial charge in [0.2, 0.25) is 11.9 Å². The van der Waals surface area contributed by atoms with Gasteiger partial charge in [0.1, 0.15) is 5.01 Å². The van der Waals surface area contributed by atoms with Gasteiger partial charge >= 0.3 is 0 Å². The molecule has 0 saturated carbocycles. The lowest BCUT2D eigenvalue weighted by Crippen LogP contribution is -2.37. The van der Waals surface area contributed by atoms with Gasteiger partial charge in [-0.05, 0) is 48.9 Å². The van der Waals surface area contributed by atoms with E-state index in [4.69, 9.17) is 9.72 Å². The second-order valence-corrected chi connectivity index (χ2v) is 9.82. The van der Waals surface area contributed by atoms with Crippen molar-refractivity contribution in [2.45, 2.75) is 12.1 Å². The van der Waals surface area contributed by atoms with Crippen LogP contribution in [0.5, 0.6) is 0 Å². The number of aromatic nitrogens is 4. The highest BCUT2D eigenvalue weighted by Gasteiger charge is 2.19. The molecule has 1 amide bonds. The Labute approximate surface area is 200 Å². The SMILES string of the molecule is Cc1ccc2nc(-c3ccc(NC(=O)CSc4nnc(N5CCOCC5)n4C)cc3)sc2c1. The molecule has 170 valence electrons. The van der Waals surface area contributed by atoms with Gasteiger partial charge < -0.3 is 15.0 Å². The number of aryl methyl sites for hydroxylation is 1. The number of thiazole rings is 1. The fraction of sp³-hybridized carbons (Fsp3) is 0.304. The topological polar surface area (TPSA) is 85.2 Å². The summed E-state index contributed by atoms with van der Waals surface area (Å²) in [5.41, 5.74) is 4.03. The summed E-state index contributed by atoms with van der Waals surface area (Å²) in [6, 6.07) is 14.1. The van der Waals surface area contributed by atoms with Gasteiger partial charge in [-0.15, -0.1) is 21.5 Å². The average Bonchev–Trinajstić information content (AvgIpc) is 3.41. The van der Waals surface area contributed by atoms with E-state index < -0.39 is 0 Å². The molecule has 0 unspecified atom stereocenters. The number of morpholine rings is 1. The summed E-state index contributed by atoms with van der Waals surface area (Å²) >= 11 is 3.05. The van der Waals surface area contributed by atoms with Crippen molar-refractivity contribution in [1.29, 1.82) is 0 Å². The van der Waals surface area contributed by atoms with Crippen molar-refractivity contribution in [2.24, 2.45) is 7.05 Å². The Kier molecular flexibility index (Phi) is 6.30. The summed E-state index contributed by atoms with van der Waals surface area (Å²) < 4.78 is 8.50. The molecule has 2 aromatic carbocycles. The van der Waals surface area contributed by atoms with Crippen LogP contribution in [-0.2, 0) is 16.6 Å².